The second kappa shape index (κ2) is 11.3. The zero-order valence-electron chi connectivity index (χ0n) is 20.9. The first-order valence-corrected chi connectivity index (χ1v) is 11.2. The summed E-state index contributed by atoms with van der Waals surface area (Å²) in [5.41, 5.74) is -0.508. The molecule has 2 atom stereocenters. The van der Waals surface area contributed by atoms with Gasteiger partial charge in [0.25, 0.3) is 0 Å². The number of rotatable bonds is 9. The Labute approximate surface area is 192 Å². The third-order valence-electron chi connectivity index (χ3n) is 5.86. The lowest BCUT2D eigenvalue weighted by Gasteiger charge is -2.35. The number of amides is 2. The minimum Gasteiger partial charge on any atom is -0.463 e. The van der Waals surface area contributed by atoms with Crippen molar-refractivity contribution in [3.8, 4) is 0 Å². The van der Waals surface area contributed by atoms with Crippen LogP contribution in [0.15, 0.2) is 30.3 Å². The third kappa shape index (κ3) is 7.84. The van der Waals surface area contributed by atoms with Crippen LogP contribution < -0.4 is 10.6 Å². The van der Waals surface area contributed by atoms with E-state index in [1.807, 2.05) is 65.0 Å². The van der Waals surface area contributed by atoms with Crippen molar-refractivity contribution in [1.82, 2.24) is 10.6 Å². The molecular weight excluding hydrogens is 408 g/mol. The molecule has 7 heteroatoms. The molecule has 1 aromatic rings. The lowest BCUT2D eigenvalue weighted by atomic mass is 9.70. The average molecular weight is 449 g/mol. The van der Waals surface area contributed by atoms with Crippen molar-refractivity contribution in [2.75, 3.05) is 6.61 Å². The van der Waals surface area contributed by atoms with E-state index in [1.165, 1.54) is 0 Å². The molecule has 0 aliphatic carbocycles. The van der Waals surface area contributed by atoms with Crippen LogP contribution in [-0.4, -0.2) is 36.2 Å². The summed E-state index contributed by atoms with van der Waals surface area (Å²) in [4.78, 5) is 37.7. The zero-order valence-corrected chi connectivity index (χ0v) is 20.9. The number of nitrogens with one attached hydrogen (secondary N) is 2. The Bertz CT molecular complexity index is 760. The van der Waals surface area contributed by atoms with E-state index in [-0.39, 0.29) is 24.4 Å². The fourth-order valence-corrected chi connectivity index (χ4v) is 3.21. The monoisotopic (exact) mass is 448 g/mol. The van der Waals surface area contributed by atoms with Gasteiger partial charge in [0, 0.05) is 0 Å². The maximum Gasteiger partial charge on any atom is 0.408 e. The highest BCUT2D eigenvalue weighted by Crippen LogP contribution is 2.37. The molecule has 0 heterocycles. The minimum atomic E-state index is -0.830. The lowest BCUT2D eigenvalue weighted by Crippen LogP contribution is -2.48. The number of alkyl carbamates (subject to hydrolysis) is 1. The van der Waals surface area contributed by atoms with Crippen LogP contribution in [0.2, 0.25) is 0 Å². The van der Waals surface area contributed by atoms with Gasteiger partial charge in [-0.15, -0.1) is 0 Å². The highest BCUT2D eigenvalue weighted by Gasteiger charge is 2.41. The predicted molar refractivity (Wildman–Crippen MR) is 125 cm³/mol. The van der Waals surface area contributed by atoms with E-state index in [1.54, 1.807) is 27.7 Å². The molecule has 2 amide bonds. The van der Waals surface area contributed by atoms with Crippen LogP contribution in [0.3, 0.4) is 0 Å². The molecule has 0 bridgehead atoms. The number of benzene rings is 1. The molecule has 180 valence electrons. The quantitative estimate of drug-likeness (QED) is 0.538. The van der Waals surface area contributed by atoms with Gasteiger partial charge in [0.15, 0.2) is 0 Å². The van der Waals surface area contributed by atoms with Gasteiger partial charge in [0.1, 0.15) is 18.2 Å². The number of hydrogen-bond acceptors (Lipinski definition) is 5. The minimum absolute atomic E-state index is 0.0111. The first kappa shape index (κ1) is 27.5. The fourth-order valence-electron chi connectivity index (χ4n) is 3.21. The average Bonchev–Trinajstić information content (AvgIpc) is 2.68. The SMILES string of the molecule is CC(C)C(C)(C(=O)OC[C@@H](NC(=O)[C@@H](C)NC(=O)OC(C)(C)C)c1ccccc1)C(C)C. The summed E-state index contributed by atoms with van der Waals surface area (Å²) in [7, 11) is 0. The van der Waals surface area contributed by atoms with Crippen LogP contribution in [0.1, 0.15) is 73.9 Å². The fraction of sp³-hybridized carbons (Fsp3) is 0.640. The molecule has 1 rings (SSSR count). The molecule has 1 aromatic carbocycles. The summed E-state index contributed by atoms with van der Waals surface area (Å²) in [6, 6.07) is 7.90. The molecule has 0 aromatic heterocycles. The molecule has 0 unspecified atom stereocenters. The van der Waals surface area contributed by atoms with Crippen molar-refractivity contribution in [2.45, 2.75) is 80.0 Å². The molecule has 32 heavy (non-hydrogen) atoms. The molecule has 7 nitrogen and oxygen atoms in total. The van der Waals surface area contributed by atoms with Gasteiger partial charge in [0.2, 0.25) is 5.91 Å². The van der Waals surface area contributed by atoms with E-state index < -0.39 is 35.1 Å². The van der Waals surface area contributed by atoms with Crippen LogP contribution in [0, 0.1) is 17.3 Å². The molecule has 0 saturated heterocycles. The van der Waals surface area contributed by atoms with Gasteiger partial charge >= 0.3 is 12.1 Å². The zero-order chi connectivity index (χ0) is 24.7. The Kier molecular flexibility index (Phi) is 9.73. The van der Waals surface area contributed by atoms with Gasteiger partial charge in [0.05, 0.1) is 11.5 Å². The predicted octanol–water partition coefficient (Wildman–Crippen LogP) is 4.62. The van der Waals surface area contributed by atoms with Gasteiger partial charge in [-0.3, -0.25) is 9.59 Å². The van der Waals surface area contributed by atoms with Crippen molar-refractivity contribution in [1.29, 1.82) is 0 Å². The van der Waals surface area contributed by atoms with E-state index in [0.717, 1.165) is 5.56 Å². The Morgan fingerprint density at radius 1 is 0.875 bits per heavy atom. The number of hydrogen-bond donors (Lipinski definition) is 2. The van der Waals surface area contributed by atoms with Crippen LogP contribution in [0.25, 0.3) is 0 Å². The summed E-state index contributed by atoms with van der Waals surface area (Å²) in [5, 5.41) is 5.41. The molecule has 0 fully saturated rings. The van der Waals surface area contributed by atoms with E-state index >= 15 is 0 Å². The highest BCUT2D eigenvalue weighted by atomic mass is 16.6. The Balaban J connectivity index is 2.92. The number of carbonyl (C=O) groups is 3. The molecule has 2 N–H and O–H groups in total. The number of carbonyl (C=O) groups excluding carboxylic acids is 3. The summed E-state index contributed by atoms with van der Waals surface area (Å²) in [5.74, 6) is -0.510. The largest absolute Gasteiger partial charge is 0.463 e. The molecule has 0 spiro atoms. The van der Waals surface area contributed by atoms with Crippen molar-refractivity contribution < 1.29 is 23.9 Å². The van der Waals surface area contributed by atoms with E-state index in [9.17, 15) is 14.4 Å². The Hall–Kier alpha value is -2.57. The van der Waals surface area contributed by atoms with Crippen molar-refractivity contribution >= 4 is 18.0 Å². The lowest BCUT2D eigenvalue weighted by molar-refractivity contribution is -0.162. The van der Waals surface area contributed by atoms with Crippen LogP contribution in [0.4, 0.5) is 4.79 Å². The smallest absolute Gasteiger partial charge is 0.408 e. The molecule has 0 aliphatic heterocycles. The van der Waals surface area contributed by atoms with Gasteiger partial charge in [-0.2, -0.15) is 0 Å². The summed E-state index contributed by atoms with van der Waals surface area (Å²) >= 11 is 0. The highest BCUT2D eigenvalue weighted by molar-refractivity contribution is 5.85. The first-order valence-electron chi connectivity index (χ1n) is 11.2. The Morgan fingerprint density at radius 3 is 1.88 bits per heavy atom. The number of ether oxygens (including phenoxy) is 2. The van der Waals surface area contributed by atoms with Crippen LogP contribution in [0.5, 0.6) is 0 Å². The van der Waals surface area contributed by atoms with Gasteiger partial charge < -0.3 is 20.1 Å². The van der Waals surface area contributed by atoms with Gasteiger partial charge in [-0.1, -0.05) is 58.0 Å². The normalized spacial score (nSPS) is 14.0. The van der Waals surface area contributed by atoms with Crippen LogP contribution >= 0.6 is 0 Å². The third-order valence-corrected chi connectivity index (χ3v) is 5.86. The van der Waals surface area contributed by atoms with E-state index in [0.29, 0.717) is 0 Å². The van der Waals surface area contributed by atoms with Crippen molar-refractivity contribution in [3.05, 3.63) is 35.9 Å². The van der Waals surface area contributed by atoms with E-state index in [2.05, 4.69) is 10.6 Å². The van der Waals surface area contributed by atoms with Crippen molar-refractivity contribution in [2.24, 2.45) is 17.3 Å². The number of esters is 1. The molecule has 0 radical (unpaired) electrons. The van der Waals surface area contributed by atoms with E-state index in [4.69, 9.17) is 9.47 Å². The summed E-state index contributed by atoms with van der Waals surface area (Å²) < 4.78 is 10.9. The molecule has 0 saturated carbocycles. The maximum atomic E-state index is 13.0. The second-order valence-corrected chi connectivity index (χ2v) is 10.0. The van der Waals surface area contributed by atoms with Crippen molar-refractivity contribution in [3.63, 3.8) is 0 Å². The summed E-state index contributed by atoms with van der Waals surface area (Å²) in [6.45, 7) is 16.7. The van der Waals surface area contributed by atoms with Gasteiger partial charge in [-0.05, 0) is 52.0 Å². The van der Waals surface area contributed by atoms with Gasteiger partial charge in [-0.25, -0.2) is 4.79 Å². The first-order chi connectivity index (χ1) is 14.7. The second-order valence-electron chi connectivity index (χ2n) is 10.0. The molecule has 0 aliphatic rings. The Morgan fingerprint density at radius 2 is 1.41 bits per heavy atom. The molecular formula is C25H40N2O5. The summed E-state index contributed by atoms with van der Waals surface area (Å²) in [6.07, 6.45) is -0.674. The standard InChI is InChI=1S/C25H40N2O5/c1-16(2)25(9,17(3)4)22(29)31-15-20(19-13-11-10-12-14-19)27-21(28)18(5)26-23(30)32-24(6,7)8/h10-14,16-18,20H,15H2,1-9H3,(H,26,30)(H,27,28)/t18-,20-/m1/s1. The maximum absolute atomic E-state index is 13.0. The van der Waals surface area contributed by atoms with Crippen LogP contribution in [-0.2, 0) is 19.1 Å². The topological polar surface area (TPSA) is 93.7 Å².